The van der Waals surface area contributed by atoms with Crippen molar-refractivity contribution in [3.8, 4) is 0 Å². The highest BCUT2D eigenvalue weighted by Crippen LogP contribution is 2.48. The van der Waals surface area contributed by atoms with Crippen molar-refractivity contribution in [1.29, 1.82) is 0 Å². The average molecular weight is 350 g/mol. The van der Waals surface area contributed by atoms with Crippen molar-refractivity contribution in [2.45, 2.75) is 89.5 Å². The predicted octanol–water partition coefficient (Wildman–Crippen LogP) is 4.62. The molecule has 2 fully saturated rings. The lowest BCUT2D eigenvalue weighted by molar-refractivity contribution is -0.288. The maximum Gasteiger partial charge on any atom is 0.428 e. The van der Waals surface area contributed by atoms with Crippen LogP contribution < -0.4 is 0 Å². The van der Waals surface area contributed by atoms with Gasteiger partial charge in [-0.3, -0.25) is 4.79 Å². The molecule has 2 aliphatic carbocycles. The van der Waals surface area contributed by atoms with Crippen LogP contribution >= 0.6 is 0 Å². The maximum absolute atomic E-state index is 13.6. The van der Waals surface area contributed by atoms with Gasteiger partial charge in [0.15, 0.2) is 0 Å². The molecule has 140 valence electrons. The fourth-order valence-electron chi connectivity index (χ4n) is 4.05. The van der Waals surface area contributed by atoms with Crippen LogP contribution in [0.4, 0.5) is 13.2 Å². The number of rotatable bonds is 3. The van der Waals surface area contributed by atoms with Crippen LogP contribution in [0.25, 0.3) is 0 Å². The van der Waals surface area contributed by atoms with Gasteiger partial charge in [0.25, 0.3) is 0 Å². The van der Waals surface area contributed by atoms with Gasteiger partial charge in [-0.05, 0) is 57.3 Å². The Balaban J connectivity index is 2.08. The van der Waals surface area contributed by atoms with Crippen LogP contribution in [0, 0.1) is 17.8 Å². The highest BCUT2D eigenvalue weighted by Gasteiger charge is 2.60. The fourth-order valence-corrected chi connectivity index (χ4v) is 4.05. The molecule has 2 rings (SSSR count). The minimum atomic E-state index is -4.61. The van der Waals surface area contributed by atoms with Gasteiger partial charge in [0, 0.05) is 0 Å². The Bertz CT molecular complexity index is 449. The Morgan fingerprint density at radius 3 is 2.29 bits per heavy atom. The van der Waals surface area contributed by atoms with Gasteiger partial charge in [-0.25, -0.2) is 0 Å². The smallest absolute Gasteiger partial charge is 0.428 e. The van der Waals surface area contributed by atoms with Crippen molar-refractivity contribution in [2.24, 2.45) is 17.8 Å². The molecular formula is C18H29F3O3. The van der Waals surface area contributed by atoms with Crippen molar-refractivity contribution in [1.82, 2.24) is 0 Å². The van der Waals surface area contributed by atoms with E-state index in [9.17, 15) is 23.1 Å². The Morgan fingerprint density at radius 1 is 1.21 bits per heavy atom. The second-order valence-corrected chi connectivity index (χ2v) is 8.23. The van der Waals surface area contributed by atoms with E-state index < -0.39 is 29.3 Å². The van der Waals surface area contributed by atoms with E-state index in [1.165, 1.54) is 6.92 Å². The summed E-state index contributed by atoms with van der Waals surface area (Å²) in [4.78, 5) is 12.4. The van der Waals surface area contributed by atoms with Gasteiger partial charge in [-0.1, -0.05) is 26.7 Å². The summed E-state index contributed by atoms with van der Waals surface area (Å²) < 4.78 is 46.0. The van der Waals surface area contributed by atoms with Gasteiger partial charge in [0.1, 0.15) is 0 Å². The summed E-state index contributed by atoms with van der Waals surface area (Å²) in [5, 5.41) is 9.94. The number of carbonyl (C=O) groups excluding carboxylic acids is 1. The van der Waals surface area contributed by atoms with Crippen molar-refractivity contribution in [2.75, 3.05) is 0 Å². The average Bonchev–Trinajstić information content (AvgIpc) is 2.47. The standard InChI is InChI=1S/C18H29F3O3/c1-12-5-4-6-14(11-12)13(2)15(22)24-17(18(19,20)21)9-7-16(3,23)8-10-17/h12-14,23H,4-11H2,1-3H3. The lowest BCUT2D eigenvalue weighted by Crippen LogP contribution is -2.54. The summed E-state index contributed by atoms with van der Waals surface area (Å²) in [5.74, 6) is -0.666. The van der Waals surface area contributed by atoms with Gasteiger partial charge in [0.2, 0.25) is 5.60 Å². The number of hydrogen-bond donors (Lipinski definition) is 1. The third-order valence-corrected chi connectivity index (χ3v) is 6.00. The van der Waals surface area contributed by atoms with Crippen molar-refractivity contribution in [3.05, 3.63) is 0 Å². The quantitative estimate of drug-likeness (QED) is 0.756. The second-order valence-electron chi connectivity index (χ2n) is 8.23. The maximum atomic E-state index is 13.6. The molecule has 0 aromatic rings. The van der Waals surface area contributed by atoms with E-state index in [1.807, 2.05) is 0 Å². The zero-order valence-electron chi connectivity index (χ0n) is 14.8. The Hall–Kier alpha value is -0.780. The van der Waals surface area contributed by atoms with E-state index in [2.05, 4.69) is 6.92 Å². The lowest BCUT2D eigenvalue weighted by Gasteiger charge is -2.43. The highest BCUT2D eigenvalue weighted by atomic mass is 19.4. The monoisotopic (exact) mass is 350 g/mol. The molecule has 0 aromatic heterocycles. The molecule has 3 atom stereocenters. The SMILES string of the molecule is CC1CCCC(C(C)C(=O)OC2(C(F)(F)F)CCC(C)(O)CC2)C1. The Kier molecular flexibility index (Phi) is 5.58. The predicted molar refractivity (Wildman–Crippen MR) is 84.3 cm³/mol. The van der Waals surface area contributed by atoms with Gasteiger partial charge >= 0.3 is 12.1 Å². The second kappa shape index (κ2) is 6.85. The number of esters is 1. The minimum absolute atomic E-state index is 0.0192. The molecule has 24 heavy (non-hydrogen) atoms. The van der Waals surface area contributed by atoms with Crippen molar-refractivity contribution < 1.29 is 27.8 Å². The van der Waals surface area contributed by atoms with Crippen LogP contribution in [0.5, 0.6) is 0 Å². The number of hydrogen-bond acceptors (Lipinski definition) is 3. The summed E-state index contributed by atoms with van der Waals surface area (Å²) >= 11 is 0. The number of aliphatic hydroxyl groups is 1. The summed E-state index contributed by atoms with van der Waals surface area (Å²) in [7, 11) is 0. The van der Waals surface area contributed by atoms with Crippen LogP contribution in [-0.4, -0.2) is 28.5 Å². The number of carbonyl (C=O) groups is 1. The summed E-state index contributed by atoms with van der Waals surface area (Å²) in [6, 6.07) is 0. The van der Waals surface area contributed by atoms with E-state index >= 15 is 0 Å². The number of alkyl halides is 3. The topological polar surface area (TPSA) is 46.5 Å². The molecular weight excluding hydrogens is 321 g/mol. The molecule has 2 aliphatic rings. The van der Waals surface area contributed by atoms with Gasteiger partial charge in [0.05, 0.1) is 11.5 Å². The summed E-state index contributed by atoms with van der Waals surface area (Å²) in [6.07, 6.45) is -1.54. The van der Waals surface area contributed by atoms with Gasteiger partial charge in [-0.15, -0.1) is 0 Å². The zero-order valence-corrected chi connectivity index (χ0v) is 14.8. The zero-order chi connectivity index (χ0) is 18.2. The molecule has 2 saturated carbocycles. The molecule has 0 heterocycles. The summed E-state index contributed by atoms with van der Waals surface area (Å²) in [5.41, 5.74) is -3.56. The van der Waals surface area contributed by atoms with E-state index in [0.29, 0.717) is 5.92 Å². The molecule has 1 N–H and O–H groups in total. The first-order valence-corrected chi connectivity index (χ1v) is 8.98. The summed E-state index contributed by atoms with van der Waals surface area (Å²) in [6.45, 7) is 5.33. The first-order chi connectivity index (χ1) is 11.0. The number of halogens is 3. The molecule has 3 unspecified atom stereocenters. The molecule has 0 aromatic carbocycles. The van der Waals surface area contributed by atoms with Crippen LogP contribution in [0.15, 0.2) is 0 Å². The van der Waals surface area contributed by atoms with Crippen LogP contribution in [0.2, 0.25) is 0 Å². The Morgan fingerprint density at radius 2 is 1.79 bits per heavy atom. The molecule has 0 saturated heterocycles. The van der Waals surface area contributed by atoms with Gasteiger partial charge in [-0.2, -0.15) is 13.2 Å². The van der Waals surface area contributed by atoms with Crippen molar-refractivity contribution in [3.63, 3.8) is 0 Å². The van der Waals surface area contributed by atoms with E-state index in [1.54, 1.807) is 6.92 Å². The van der Waals surface area contributed by atoms with Crippen LogP contribution in [0.1, 0.15) is 72.1 Å². The third-order valence-electron chi connectivity index (χ3n) is 6.00. The molecule has 0 spiro atoms. The fraction of sp³-hybridized carbons (Fsp3) is 0.944. The molecule has 6 heteroatoms. The molecule has 0 bridgehead atoms. The largest absolute Gasteiger partial charge is 0.449 e. The normalized spacial score (nSPS) is 39.3. The van der Waals surface area contributed by atoms with Crippen LogP contribution in [-0.2, 0) is 9.53 Å². The molecule has 0 aliphatic heterocycles. The first kappa shape index (κ1) is 19.5. The Labute approximate surface area is 141 Å². The minimum Gasteiger partial charge on any atom is -0.449 e. The molecule has 3 nitrogen and oxygen atoms in total. The van der Waals surface area contributed by atoms with Crippen molar-refractivity contribution >= 4 is 5.97 Å². The van der Waals surface area contributed by atoms with E-state index in [-0.39, 0.29) is 31.6 Å². The number of ether oxygens (including phenoxy) is 1. The lowest BCUT2D eigenvalue weighted by atomic mass is 9.75. The first-order valence-electron chi connectivity index (χ1n) is 8.98. The molecule has 0 amide bonds. The van der Waals surface area contributed by atoms with Crippen LogP contribution in [0.3, 0.4) is 0 Å². The molecule has 0 radical (unpaired) electrons. The highest BCUT2D eigenvalue weighted by molar-refractivity contribution is 5.73. The van der Waals surface area contributed by atoms with E-state index in [4.69, 9.17) is 4.74 Å². The van der Waals surface area contributed by atoms with E-state index in [0.717, 1.165) is 25.7 Å². The van der Waals surface area contributed by atoms with Gasteiger partial charge < -0.3 is 9.84 Å². The third kappa shape index (κ3) is 4.24.